The van der Waals surface area contributed by atoms with Gasteiger partial charge >= 0.3 is 6.18 Å². The van der Waals surface area contributed by atoms with Crippen LogP contribution >= 0.6 is 0 Å². The van der Waals surface area contributed by atoms with Crippen molar-refractivity contribution in [1.82, 2.24) is 35.2 Å². The number of tetrazole rings is 1. The molecule has 5 aromatic rings. The Labute approximate surface area is 241 Å². The molecule has 0 aliphatic carbocycles. The molecule has 6 rings (SSSR count). The van der Waals surface area contributed by atoms with Crippen molar-refractivity contribution in [2.75, 3.05) is 36.0 Å². The van der Waals surface area contributed by atoms with E-state index in [1.54, 1.807) is 12.1 Å². The Hall–Kier alpha value is -4.66. The van der Waals surface area contributed by atoms with Crippen molar-refractivity contribution in [1.29, 1.82) is 0 Å². The molecule has 3 unspecified atom stereocenters. The van der Waals surface area contributed by atoms with Gasteiger partial charge < -0.3 is 19.9 Å². The quantitative estimate of drug-likeness (QED) is 0.250. The zero-order chi connectivity index (χ0) is 30.1. The van der Waals surface area contributed by atoms with E-state index in [4.69, 9.17) is 0 Å². The average Bonchev–Trinajstić information content (AvgIpc) is 3.69. The fraction of sp³-hybridized carbons (Fsp3) is 0.321. The second-order valence-electron chi connectivity index (χ2n) is 10.2. The molecule has 15 heteroatoms. The number of pyridine rings is 1. The fourth-order valence-corrected chi connectivity index (χ4v) is 5.10. The zero-order valence-corrected chi connectivity index (χ0v) is 22.5. The lowest BCUT2D eigenvalue weighted by Crippen LogP contribution is -2.46. The van der Waals surface area contributed by atoms with Crippen LogP contribution < -0.4 is 9.80 Å². The number of nitrogens with one attached hydrogen (secondary N) is 1. The molecule has 0 saturated carbocycles. The second kappa shape index (κ2) is 11.6. The molecule has 2 N–H and O–H groups in total. The van der Waals surface area contributed by atoms with Crippen molar-refractivity contribution in [3.63, 3.8) is 0 Å². The third-order valence-corrected chi connectivity index (χ3v) is 7.36. The van der Waals surface area contributed by atoms with Crippen LogP contribution in [0.4, 0.5) is 33.3 Å². The number of fused-ring (bicyclic) bond motifs is 1. The van der Waals surface area contributed by atoms with Gasteiger partial charge in [0.2, 0.25) is 6.30 Å². The Kier molecular flexibility index (Phi) is 7.64. The molecule has 0 radical (unpaired) electrons. The summed E-state index contributed by atoms with van der Waals surface area (Å²) in [6.45, 7) is 2.95. The summed E-state index contributed by atoms with van der Waals surface area (Å²) in [6, 6.07) is 16.3. The van der Waals surface area contributed by atoms with Gasteiger partial charge in [0.15, 0.2) is 6.17 Å². The molecule has 1 saturated heterocycles. The largest absolute Gasteiger partial charge is 0.396 e. The summed E-state index contributed by atoms with van der Waals surface area (Å²) in [4.78, 5) is 15.3. The minimum atomic E-state index is -4.32. The summed E-state index contributed by atoms with van der Waals surface area (Å²) >= 11 is 0. The van der Waals surface area contributed by atoms with Gasteiger partial charge in [-0.05, 0) is 52.4 Å². The number of aliphatic hydroxyl groups is 1. The van der Waals surface area contributed by atoms with E-state index in [0.717, 1.165) is 55.0 Å². The van der Waals surface area contributed by atoms with E-state index in [0.29, 0.717) is 15.7 Å². The van der Waals surface area contributed by atoms with Crippen molar-refractivity contribution >= 4 is 22.4 Å². The number of imidazole rings is 1. The highest BCUT2D eigenvalue weighted by molar-refractivity contribution is 5.80. The highest BCUT2D eigenvalue weighted by atomic mass is 19.4. The summed E-state index contributed by atoms with van der Waals surface area (Å²) in [7, 11) is 0. The van der Waals surface area contributed by atoms with Crippen molar-refractivity contribution < 1.29 is 27.1 Å². The molecule has 3 atom stereocenters. The molecule has 1 aliphatic rings. The van der Waals surface area contributed by atoms with Gasteiger partial charge in [-0.25, -0.2) is 13.8 Å². The van der Waals surface area contributed by atoms with E-state index in [9.17, 15) is 27.1 Å². The molecule has 43 heavy (non-hydrogen) atoms. The SMILES string of the molecule is OC(C(F)c1ccc(-c2ccc(N3CCN(c4ccc5nc(CC(F)(F)F)[nH]c5c4)CC3)cc2)cn1)C(F)n1cnnn1. The molecule has 1 fully saturated rings. The van der Waals surface area contributed by atoms with E-state index >= 15 is 0 Å². The van der Waals surface area contributed by atoms with Crippen molar-refractivity contribution in [2.24, 2.45) is 0 Å². The summed E-state index contributed by atoms with van der Waals surface area (Å²) in [5, 5.41) is 20.0. The Bertz CT molecular complexity index is 1650. The van der Waals surface area contributed by atoms with Crippen molar-refractivity contribution in [3.8, 4) is 11.1 Å². The minimum Gasteiger partial charge on any atom is -0.385 e. The van der Waals surface area contributed by atoms with Crippen molar-refractivity contribution in [2.45, 2.75) is 31.2 Å². The van der Waals surface area contributed by atoms with E-state index < -0.39 is 31.2 Å². The van der Waals surface area contributed by atoms with Gasteiger partial charge in [0, 0.05) is 49.3 Å². The van der Waals surface area contributed by atoms with E-state index in [2.05, 4.69) is 40.3 Å². The summed E-state index contributed by atoms with van der Waals surface area (Å²) in [5.74, 6) is -0.0997. The number of anilines is 2. The van der Waals surface area contributed by atoms with Crippen LogP contribution in [0.3, 0.4) is 0 Å². The van der Waals surface area contributed by atoms with Gasteiger partial charge in [-0.15, -0.1) is 5.10 Å². The van der Waals surface area contributed by atoms with Gasteiger partial charge in [-0.3, -0.25) is 4.98 Å². The number of rotatable bonds is 8. The smallest absolute Gasteiger partial charge is 0.385 e. The minimum absolute atomic E-state index is 0.0997. The number of piperazine rings is 1. The highest BCUT2D eigenvalue weighted by Gasteiger charge is 2.32. The first-order valence-electron chi connectivity index (χ1n) is 13.4. The topological polar surface area (TPSA) is 112 Å². The Morgan fingerprint density at radius 1 is 0.884 bits per heavy atom. The number of alkyl halides is 5. The van der Waals surface area contributed by atoms with Gasteiger partial charge in [0.1, 0.15) is 24.7 Å². The van der Waals surface area contributed by atoms with Gasteiger partial charge in [0.25, 0.3) is 0 Å². The van der Waals surface area contributed by atoms with Gasteiger partial charge in [0.05, 0.1) is 16.7 Å². The molecule has 10 nitrogen and oxygen atoms in total. The normalized spacial score (nSPS) is 16.4. The number of hydrogen-bond donors (Lipinski definition) is 2. The van der Waals surface area contributed by atoms with Crippen LogP contribution in [0.15, 0.2) is 67.1 Å². The van der Waals surface area contributed by atoms with E-state index in [1.165, 1.54) is 12.3 Å². The van der Waals surface area contributed by atoms with Crippen molar-refractivity contribution in [3.05, 3.63) is 78.6 Å². The lowest BCUT2D eigenvalue weighted by atomic mass is 10.0. The number of halogens is 5. The lowest BCUT2D eigenvalue weighted by molar-refractivity contribution is -0.128. The average molecular weight is 600 g/mol. The molecule has 1 aliphatic heterocycles. The highest BCUT2D eigenvalue weighted by Crippen LogP contribution is 2.30. The monoisotopic (exact) mass is 599 g/mol. The maximum absolute atomic E-state index is 14.7. The Balaban J connectivity index is 1.06. The first kappa shape index (κ1) is 28.5. The van der Waals surface area contributed by atoms with E-state index in [-0.39, 0.29) is 11.5 Å². The van der Waals surface area contributed by atoms with Crippen LogP contribution in [-0.2, 0) is 6.42 Å². The molecular formula is C28H26F5N9O. The van der Waals surface area contributed by atoms with Crippen LogP contribution in [-0.4, -0.2) is 78.7 Å². The van der Waals surface area contributed by atoms with Crippen LogP contribution in [0.2, 0.25) is 0 Å². The Morgan fingerprint density at radius 2 is 1.56 bits per heavy atom. The second-order valence-corrected chi connectivity index (χ2v) is 10.2. The van der Waals surface area contributed by atoms with Crippen LogP contribution in [0, 0.1) is 0 Å². The molecule has 224 valence electrons. The predicted molar refractivity (Wildman–Crippen MR) is 148 cm³/mol. The summed E-state index contributed by atoms with van der Waals surface area (Å²) in [6.07, 6.45) is -9.28. The molecule has 0 bridgehead atoms. The summed E-state index contributed by atoms with van der Waals surface area (Å²) < 4.78 is 67.9. The van der Waals surface area contributed by atoms with Crippen LogP contribution in [0.5, 0.6) is 0 Å². The van der Waals surface area contributed by atoms with Crippen LogP contribution in [0.25, 0.3) is 22.2 Å². The number of aromatic nitrogens is 7. The number of aliphatic hydroxyl groups excluding tert-OH is 1. The molecule has 3 aromatic heterocycles. The fourth-order valence-electron chi connectivity index (χ4n) is 5.10. The number of nitrogens with zero attached hydrogens (tertiary/aromatic N) is 8. The third kappa shape index (κ3) is 6.26. The summed E-state index contributed by atoms with van der Waals surface area (Å²) in [5.41, 5.74) is 4.49. The third-order valence-electron chi connectivity index (χ3n) is 7.36. The molecule has 0 spiro atoms. The lowest BCUT2D eigenvalue weighted by Gasteiger charge is -2.37. The number of hydrogen-bond acceptors (Lipinski definition) is 8. The Morgan fingerprint density at radius 3 is 2.19 bits per heavy atom. The van der Waals surface area contributed by atoms with E-state index in [1.807, 2.05) is 36.4 Å². The maximum atomic E-state index is 14.7. The first-order valence-corrected chi connectivity index (χ1v) is 13.4. The number of benzene rings is 2. The molecule has 4 heterocycles. The standard InChI is InChI=1S/C28H26F5N9O/c29-25(26(43)27(30)42-16-35-38-39-42)22-7-3-18(15-34-22)17-1-4-19(5-2-17)40-9-11-41(12-10-40)20-6-8-21-23(13-20)37-24(36-21)14-28(31,32)33/h1-8,13,15-16,25-27,43H,9-12,14H2,(H,36,37). The first-order chi connectivity index (χ1) is 20.6. The van der Waals surface area contributed by atoms with Crippen LogP contribution in [0.1, 0.15) is 24.0 Å². The maximum Gasteiger partial charge on any atom is 0.396 e. The molecule has 2 aromatic carbocycles. The molecule has 0 amide bonds. The predicted octanol–water partition coefficient (Wildman–Crippen LogP) is 4.58. The number of H-pyrrole nitrogens is 1. The van der Waals surface area contributed by atoms with Gasteiger partial charge in [-0.2, -0.15) is 17.9 Å². The number of aromatic amines is 1. The zero-order valence-electron chi connectivity index (χ0n) is 22.5. The van der Waals surface area contributed by atoms with Gasteiger partial charge in [-0.1, -0.05) is 18.2 Å². The molecular weight excluding hydrogens is 573 g/mol.